The molecule has 0 aromatic carbocycles. The molecule has 0 spiro atoms. The number of esters is 1. The van der Waals surface area contributed by atoms with E-state index in [1.165, 1.54) is 0 Å². The van der Waals surface area contributed by atoms with Crippen molar-refractivity contribution < 1.29 is 19.1 Å². The average Bonchev–Trinajstić information content (AvgIpc) is 2.35. The highest BCUT2D eigenvalue weighted by Crippen LogP contribution is 2.26. The van der Waals surface area contributed by atoms with Crippen LogP contribution in [0.25, 0.3) is 0 Å². The third-order valence-electron chi connectivity index (χ3n) is 3.59. The van der Waals surface area contributed by atoms with Gasteiger partial charge >= 0.3 is 5.97 Å². The van der Waals surface area contributed by atoms with Crippen LogP contribution in [0.15, 0.2) is 0 Å². The second kappa shape index (κ2) is 7.07. The fraction of sp³-hybridized carbons (Fsp3) is 0.867. The van der Waals surface area contributed by atoms with Gasteiger partial charge in [-0.1, -0.05) is 0 Å². The molecular weight excluding hydrogens is 258 g/mol. The molecule has 1 heterocycles. The highest BCUT2D eigenvalue weighted by molar-refractivity contribution is 5.84. The summed E-state index contributed by atoms with van der Waals surface area (Å²) in [4.78, 5) is 26.1. The molecule has 0 bridgehead atoms. The van der Waals surface area contributed by atoms with E-state index in [2.05, 4.69) is 0 Å². The maximum absolute atomic E-state index is 12.7. The standard InChI is InChI=1S/C15H27NO4/c1-6-19-13(17)10-16(15(3,4)5)14(18)12-8-7-9-20-11(12)2/h11-12H,6-10H2,1-5H3. The fourth-order valence-electron chi connectivity index (χ4n) is 2.43. The van der Waals surface area contributed by atoms with Crippen molar-refractivity contribution in [3.8, 4) is 0 Å². The van der Waals surface area contributed by atoms with Crippen LogP contribution in [0, 0.1) is 5.92 Å². The number of hydrogen-bond donors (Lipinski definition) is 0. The van der Waals surface area contributed by atoms with Crippen LogP contribution in [0.3, 0.4) is 0 Å². The summed E-state index contributed by atoms with van der Waals surface area (Å²) in [5, 5.41) is 0. The minimum atomic E-state index is -0.416. The van der Waals surface area contributed by atoms with Crippen LogP contribution in [0.2, 0.25) is 0 Å². The van der Waals surface area contributed by atoms with Crippen LogP contribution >= 0.6 is 0 Å². The first kappa shape index (κ1) is 17.0. The first-order chi connectivity index (χ1) is 9.27. The lowest BCUT2D eigenvalue weighted by molar-refractivity contribution is -0.158. The largest absolute Gasteiger partial charge is 0.465 e. The summed E-state index contributed by atoms with van der Waals surface area (Å²) in [6.07, 6.45) is 1.61. The van der Waals surface area contributed by atoms with Gasteiger partial charge in [-0.3, -0.25) is 9.59 Å². The molecule has 0 radical (unpaired) electrons. The third-order valence-corrected chi connectivity index (χ3v) is 3.59. The Kier molecular flexibility index (Phi) is 5.99. The molecule has 2 unspecified atom stereocenters. The second-order valence-electron chi connectivity index (χ2n) is 6.22. The Morgan fingerprint density at radius 1 is 1.35 bits per heavy atom. The van der Waals surface area contributed by atoms with Crippen molar-refractivity contribution in [2.45, 2.75) is 59.1 Å². The zero-order chi connectivity index (χ0) is 15.3. The van der Waals surface area contributed by atoms with Crippen LogP contribution in [-0.2, 0) is 19.1 Å². The smallest absolute Gasteiger partial charge is 0.325 e. The quantitative estimate of drug-likeness (QED) is 0.741. The minimum Gasteiger partial charge on any atom is -0.465 e. The van der Waals surface area contributed by atoms with E-state index in [4.69, 9.17) is 9.47 Å². The van der Waals surface area contributed by atoms with E-state index in [1.807, 2.05) is 27.7 Å². The maximum Gasteiger partial charge on any atom is 0.325 e. The van der Waals surface area contributed by atoms with E-state index in [1.54, 1.807) is 11.8 Å². The Morgan fingerprint density at radius 2 is 2.00 bits per heavy atom. The van der Waals surface area contributed by atoms with Crippen molar-refractivity contribution in [1.82, 2.24) is 4.90 Å². The number of carbonyl (C=O) groups excluding carboxylic acids is 2. The molecular formula is C15H27NO4. The average molecular weight is 285 g/mol. The van der Waals surface area contributed by atoms with Crippen LogP contribution in [0.1, 0.15) is 47.5 Å². The van der Waals surface area contributed by atoms with Crippen molar-refractivity contribution in [2.24, 2.45) is 5.92 Å². The van der Waals surface area contributed by atoms with Crippen LogP contribution in [0.4, 0.5) is 0 Å². The van der Waals surface area contributed by atoms with Crippen molar-refractivity contribution in [3.63, 3.8) is 0 Å². The Morgan fingerprint density at radius 3 is 2.50 bits per heavy atom. The molecule has 1 rings (SSSR count). The molecule has 1 fully saturated rings. The molecule has 0 aliphatic carbocycles. The van der Waals surface area contributed by atoms with Crippen molar-refractivity contribution in [1.29, 1.82) is 0 Å². The van der Waals surface area contributed by atoms with Gasteiger partial charge in [0.1, 0.15) is 6.54 Å². The molecule has 0 saturated carbocycles. The molecule has 20 heavy (non-hydrogen) atoms. The molecule has 1 saturated heterocycles. The monoisotopic (exact) mass is 285 g/mol. The summed E-state index contributed by atoms with van der Waals surface area (Å²) in [6.45, 7) is 10.5. The normalized spacial score (nSPS) is 23.2. The Hall–Kier alpha value is -1.10. The van der Waals surface area contributed by atoms with Gasteiger partial charge in [-0.05, 0) is 47.5 Å². The minimum absolute atomic E-state index is 0.000602. The van der Waals surface area contributed by atoms with E-state index in [0.717, 1.165) is 12.8 Å². The van der Waals surface area contributed by atoms with Crippen LogP contribution in [0.5, 0.6) is 0 Å². The molecule has 0 aromatic rings. The number of rotatable bonds is 4. The lowest BCUT2D eigenvalue weighted by Crippen LogP contribution is -2.53. The van der Waals surface area contributed by atoms with Gasteiger partial charge in [0.25, 0.3) is 0 Å². The molecule has 5 heteroatoms. The summed E-state index contributed by atoms with van der Waals surface area (Å²) in [5.74, 6) is -0.546. The second-order valence-corrected chi connectivity index (χ2v) is 6.22. The van der Waals surface area contributed by atoms with Gasteiger partial charge < -0.3 is 14.4 Å². The third kappa shape index (κ3) is 4.47. The van der Waals surface area contributed by atoms with Gasteiger partial charge in [0, 0.05) is 12.1 Å². The Balaban J connectivity index is 2.81. The number of nitrogens with zero attached hydrogens (tertiary/aromatic N) is 1. The van der Waals surface area contributed by atoms with Crippen molar-refractivity contribution in [2.75, 3.05) is 19.8 Å². The molecule has 1 amide bonds. The predicted octanol–water partition coefficient (Wildman–Crippen LogP) is 1.99. The fourth-order valence-corrected chi connectivity index (χ4v) is 2.43. The predicted molar refractivity (Wildman–Crippen MR) is 76.2 cm³/mol. The van der Waals surface area contributed by atoms with E-state index in [-0.39, 0.29) is 30.4 Å². The lowest BCUT2D eigenvalue weighted by Gasteiger charge is -2.39. The molecule has 0 aromatic heterocycles. The molecule has 0 N–H and O–H groups in total. The SMILES string of the molecule is CCOC(=O)CN(C(=O)C1CCCOC1C)C(C)(C)C. The summed E-state index contributed by atoms with van der Waals surface area (Å²) in [7, 11) is 0. The summed E-state index contributed by atoms with van der Waals surface area (Å²) < 4.78 is 10.5. The van der Waals surface area contributed by atoms with Crippen molar-refractivity contribution >= 4 is 11.9 Å². The van der Waals surface area contributed by atoms with Crippen LogP contribution in [-0.4, -0.2) is 48.2 Å². The van der Waals surface area contributed by atoms with E-state index in [9.17, 15) is 9.59 Å². The molecule has 2 atom stereocenters. The topological polar surface area (TPSA) is 55.8 Å². The van der Waals surface area contributed by atoms with Gasteiger partial charge in [-0.2, -0.15) is 0 Å². The first-order valence-corrected chi connectivity index (χ1v) is 7.36. The zero-order valence-electron chi connectivity index (χ0n) is 13.3. The molecule has 1 aliphatic rings. The Bertz CT molecular complexity index is 348. The Labute approximate surface area is 121 Å². The van der Waals surface area contributed by atoms with Gasteiger partial charge in [-0.25, -0.2) is 0 Å². The van der Waals surface area contributed by atoms with Crippen molar-refractivity contribution in [3.05, 3.63) is 0 Å². The number of ether oxygens (including phenoxy) is 2. The van der Waals surface area contributed by atoms with Gasteiger partial charge in [-0.15, -0.1) is 0 Å². The van der Waals surface area contributed by atoms with E-state index >= 15 is 0 Å². The van der Waals surface area contributed by atoms with Gasteiger partial charge in [0.15, 0.2) is 0 Å². The van der Waals surface area contributed by atoms with Crippen LogP contribution < -0.4 is 0 Å². The maximum atomic E-state index is 12.7. The molecule has 1 aliphatic heterocycles. The summed E-state index contributed by atoms with van der Waals surface area (Å²) >= 11 is 0. The summed E-state index contributed by atoms with van der Waals surface area (Å²) in [6, 6.07) is 0. The van der Waals surface area contributed by atoms with Gasteiger partial charge in [0.2, 0.25) is 5.91 Å². The highest BCUT2D eigenvalue weighted by Gasteiger charge is 2.37. The van der Waals surface area contributed by atoms with E-state index in [0.29, 0.717) is 13.2 Å². The zero-order valence-corrected chi connectivity index (χ0v) is 13.3. The van der Waals surface area contributed by atoms with E-state index < -0.39 is 5.54 Å². The molecule has 116 valence electrons. The number of hydrogen-bond acceptors (Lipinski definition) is 4. The highest BCUT2D eigenvalue weighted by atomic mass is 16.5. The number of carbonyl (C=O) groups is 2. The lowest BCUT2D eigenvalue weighted by atomic mass is 9.91. The van der Waals surface area contributed by atoms with Gasteiger partial charge in [0.05, 0.1) is 18.6 Å². The summed E-state index contributed by atoms with van der Waals surface area (Å²) in [5.41, 5.74) is -0.416. The first-order valence-electron chi connectivity index (χ1n) is 7.36. The molecule has 5 nitrogen and oxygen atoms in total. The number of amides is 1.